The molecule has 2 rings (SSSR count). The molecule has 0 radical (unpaired) electrons. The van der Waals surface area contributed by atoms with Crippen LogP contribution in [-0.2, 0) is 20.9 Å². The van der Waals surface area contributed by atoms with Crippen molar-refractivity contribution in [2.24, 2.45) is 5.92 Å². The van der Waals surface area contributed by atoms with Crippen LogP contribution in [0.5, 0.6) is 0 Å². The molecule has 0 spiro atoms. The van der Waals surface area contributed by atoms with E-state index in [1.807, 2.05) is 12.4 Å². The van der Waals surface area contributed by atoms with Crippen molar-refractivity contribution in [2.75, 3.05) is 33.9 Å². The molecule has 1 unspecified atom stereocenters. The number of carbonyl (C=O) groups is 2. The van der Waals surface area contributed by atoms with Gasteiger partial charge < -0.3 is 14.5 Å². The molecule has 21 heavy (non-hydrogen) atoms. The highest BCUT2D eigenvalue weighted by Crippen LogP contribution is 2.22. The summed E-state index contributed by atoms with van der Waals surface area (Å²) in [6.07, 6.45) is 0.316. The predicted octanol–water partition coefficient (Wildman–Crippen LogP) is 1.51. The fourth-order valence-electron chi connectivity index (χ4n) is 2.53. The van der Waals surface area contributed by atoms with Gasteiger partial charge in [-0.05, 0) is 23.9 Å². The van der Waals surface area contributed by atoms with Crippen LogP contribution in [0.2, 0.25) is 0 Å². The number of amides is 2. The summed E-state index contributed by atoms with van der Waals surface area (Å²) in [6, 6.07) is 2.06. The highest BCUT2D eigenvalue weighted by molar-refractivity contribution is 7.10. The van der Waals surface area contributed by atoms with Crippen LogP contribution >= 0.6 is 11.3 Å². The summed E-state index contributed by atoms with van der Waals surface area (Å²) in [5.74, 6) is -0.123. The van der Waals surface area contributed by atoms with E-state index in [1.165, 1.54) is 10.4 Å². The van der Waals surface area contributed by atoms with Crippen LogP contribution in [0.4, 0.5) is 0 Å². The van der Waals surface area contributed by atoms with Gasteiger partial charge >= 0.3 is 0 Å². The van der Waals surface area contributed by atoms with Gasteiger partial charge in [0.2, 0.25) is 11.8 Å². The lowest BCUT2D eigenvalue weighted by atomic mass is 10.1. The Morgan fingerprint density at radius 3 is 2.95 bits per heavy atom. The number of carbonyl (C=O) groups excluding carboxylic acids is 2. The zero-order chi connectivity index (χ0) is 15.4. The summed E-state index contributed by atoms with van der Waals surface area (Å²) in [5.41, 5.74) is 1.21. The molecule has 1 atom stereocenters. The van der Waals surface area contributed by atoms with Gasteiger partial charge in [-0.1, -0.05) is 0 Å². The van der Waals surface area contributed by atoms with E-state index >= 15 is 0 Å². The van der Waals surface area contributed by atoms with Crippen LogP contribution in [0.25, 0.3) is 0 Å². The number of rotatable bonds is 6. The molecule has 1 aromatic heterocycles. The van der Waals surface area contributed by atoms with Gasteiger partial charge in [-0.2, -0.15) is 0 Å². The zero-order valence-electron chi connectivity index (χ0n) is 12.8. The zero-order valence-corrected chi connectivity index (χ0v) is 13.6. The second-order valence-corrected chi connectivity index (χ2v) is 6.46. The van der Waals surface area contributed by atoms with Crippen molar-refractivity contribution in [2.45, 2.75) is 19.9 Å². The van der Waals surface area contributed by atoms with Gasteiger partial charge in [-0.25, -0.2) is 0 Å². The molecule has 1 aromatic rings. The highest BCUT2D eigenvalue weighted by atomic mass is 32.1. The number of methoxy groups -OCH3 is 1. The second kappa shape index (κ2) is 7.04. The van der Waals surface area contributed by atoms with Crippen molar-refractivity contribution in [3.05, 3.63) is 21.9 Å². The Hall–Kier alpha value is -1.40. The largest absolute Gasteiger partial charge is 0.383 e. The van der Waals surface area contributed by atoms with E-state index in [1.54, 1.807) is 28.2 Å². The number of likely N-dealkylation sites (tertiary alicyclic amines) is 1. The molecule has 1 saturated heterocycles. The molecule has 2 heterocycles. The maximum Gasteiger partial charge on any atom is 0.228 e. The summed E-state index contributed by atoms with van der Waals surface area (Å²) >= 11 is 1.66. The van der Waals surface area contributed by atoms with E-state index in [2.05, 4.69) is 13.0 Å². The Kier molecular flexibility index (Phi) is 5.36. The molecule has 6 heteroatoms. The van der Waals surface area contributed by atoms with Gasteiger partial charge in [-0.3, -0.25) is 9.59 Å². The van der Waals surface area contributed by atoms with Gasteiger partial charge in [-0.15, -0.1) is 11.3 Å². The minimum atomic E-state index is -0.223. The minimum absolute atomic E-state index is 0.0473. The fourth-order valence-corrected chi connectivity index (χ4v) is 3.48. The van der Waals surface area contributed by atoms with E-state index in [-0.39, 0.29) is 17.7 Å². The Balaban J connectivity index is 1.91. The SMILES string of the molecule is COCCN1CC(C(=O)N(C)Cc2sccc2C)CC1=O. The van der Waals surface area contributed by atoms with Crippen molar-refractivity contribution >= 4 is 23.2 Å². The summed E-state index contributed by atoms with van der Waals surface area (Å²) in [5, 5.41) is 2.04. The number of hydrogen-bond donors (Lipinski definition) is 0. The molecule has 0 bridgehead atoms. The number of hydrogen-bond acceptors (Lipinski definition) is 4. The first kappa shape index (κ1) is 16.0. The van der Waals surface area contributed by atoms with Gasteiger partial charge in [0.05, 0.1) is 19.1 Å². The summed E-state index contributed by atoms with van der Waals surface area (Å²) in [7, 11) is 3.42. The van der Waals surface area contributed by atoms with Gasteiger partial charge in [0.15, 0.2) is 0 Å². The van der Waals surface area contributed by atoms with Crippen LogP contribution in [0, 0.1) is 12.8 Å². The minimum Gasteiger partial charge on any atom is -0.383 e. The topological polar surface area (TPSA) is 49.9 Å². The maximum atomic E-state index is 12.5. The van der Waals surface area contributed by atoms with Crippen molar-refractivity contribution in [3.63, 3.8) is 0 Å². The smallest absolute Gasteiger partial charge is 0.228 e. The average Bonchev–Trinajstić information content (AvgIpc) is 3.02. The Morgan fingerprint density at radius 1 is 1.57 bits per heavy atom. The summed E-state index contributed by atoms with van der Waals surface area (Å²) in [4.78, 5) is 29.0. The van der Waals surface area contributed by atoms with Crippen molar-refractivity contribution in [1.82, 2.24) is 9.80 Å². The van der Waals surface area contributed by atoms with E-state index in [0.29, 0.717) is 32.7 Å². The first-order chi connectivity index (χ1) is 10.0. The number of aryl methyl sites for hydroxylation is 1. The number of ether oxygens (including phenoxy) is 1. The van der Waals surface area contributed by atoms with E-state index < -0.39 is 0 Å². The van der Waals surface area contributed by atoms with Crippen LogP contribution in [0.3, 0.4) is 0 Å². The summed E-state index contributed by atoms with van der Waals surface area (Å²) in [6.45, 7) is 4.25. The fraction of sp³-hybridized carbons (Fsp3) is 0.600. The van der Waals surface area contributed by atoms with E-state index in [0.717, 1.165) is 0 Å². The molecular formula is C15H22N2O3S. The number of nitrogens with zero attached hydrogens (tertiary/aromatic N) is 2. The third-order valence-electron chi connectivity index (χ3n) is 3.85. The molecule has 0 saturated carbocycles. The maximum absolute atomic E-state index is 12.5. The molecule has 0 aliphatic carbocycles. The molecule has 1 aliphatic rings. The quantitative estimate of drug-likeness (QED) is 0.800. The van der Waals surface area contributed by atoms with Crippen molar-refractivity contribution < 1.29 is 14.3 Å². The van der Waals surface area contributed by atoms with Gasteiger partial charge in [0.1, 0.15) is 0 Å². The lowest BCUT2D eigenvalue weighted by molar-refractivity contribution is -0.135. The molecule has 0 aromatic carbocycles. The number of thiophene rings is 1. The molecule has 5 nitrogen and oxygen atoms in total. The van der Waals surface area contributed by atoms with Gasteiger partial charge in [0.25, 0.3) is 0 Å². The van der Waals surface area contributed by atoms with Crippen LogP contribution < -0.4 is 0 Å². The first-order valence-electron chi connectivity index (χ1n) is 7.07. The molecule has 2 amide bonds. The van der Waals surface area contributed by atoms with Crippen LogP contribution in [0.15, 0.2) is 11.4 Å². The summed E-state index contributed by atoms with van der Waals surface area (Å²) < 4.78 is 4.99. The molecular weight excluding hydrogens is 288 g/mol. The van der Waals surface area contributed by atoms with Crippen molar-refractivity contribution in [1.29, 1.82) is 0 Å². The lowest BCUT2D eigenvalue weighted by Gasteiger charge is -2.21. The average molecular weight is 310 g/mol. The van der Waals surface area contributed by atoms with E-state index in [9.17, 15) is 9.59 Å². The first-order valence-corrected chi connectivity index (χ1v) is 7.95. The third kappa shape index (κ3) is 3.83. The lowest BCUT2D eigenvalue weighted by Crippen LogP contribution is -2.35. The Morgan fingerprint density at radius 2 is 2.33 bits per heavy atom. The van der Waals surface area contributed by atoms with E-state index in [4.69, 9.17) is 4.74 Å². The predicted molar refractivity (Wildman–Crippen MR) is 82.1 cm³/mol. The third-order valence-corrected chi connectivity index (χ3v) is 4.86. The standard InChI is InChI=1S/C15H22N2O3S/c1-11-4-7-21-13(11)10-16(2)15(19)12-8-14(18)17(9-12)5-6-20-3/h4,7,12H,5-6,8-10H2,1-3H3. The second-order valence-electron chi connectivity index (χ2n) is 5.45. The Labute approximate surface area is 129 Å². The molecule has 116 valence electrons. The van der Waals surface area contributed by atoms with Crippen LogP contribution in [0.1, 0.15) is 16.9 Å². The molecule has 1 fully saturated rings. The van der Waals surface area contributed by atoms with Crippen LogP contribution in [-0.4, -0.2) is 55.5 Å². The van der Waals surface area contributed by atoms with Gasteiger partial charge in [0, 0.05) is 38.5 Å². The monoisotopic (exact) mass is 310 g/mol. The molecule has 0 N–H and O–H groups in total. The molecule has 1 aliphatic heterocycles. The highest BCUT2D eigenvalue weighted by Gasteiger charge is 2.35. The normalized spacial score (nSPS) is 18.3. The Bertz CT molecular complexity index is 515. The van der Waals surface area contributed by atoms with Crippen molar-refractivity contribution in [3.8, 4) is 0 Å².